The Morgan fingerprint density at radius 1 is 0.700 bits per heavy atom. The van der Waals surface area contributed by atoms with Gasteiger partial charge in [-0.2, -0.15) is 0 Å². The maximum atomic E-state index is 2.51. The minimum Gasteiger partial charge on any atom is -0.143 e. The number of hydrogen-bond donors (Lipinski definition) is 0. The zero-order chi connectivity index (χ0) is 14.1. The van der Waals surface area contributed by atoms with Crippen molar-refractivity contribution in [2.75, 3.05) is 11.5 Å². The molecule has 2 fully saturated rings. The Hall–Kier alpha value is 0.700. The van der Waals surface area contributed by atoms with Crippen LogP contribution in [0.15, 0.2) is 0 Å². The first kappa shape index (κ1) is 17.1. The summed E-state index contributed by atoms with van der Waals surface area (Å²) in [5, 5.41) is 0. The van der Waals surface area contributed by atoms with Crippen LogP contribution in [-0.2, 0) is 0 Å². The fourth-order valence-corrected chi connectivity index (χ4v) is 7.42. The van der Waals surface area contributed by atoms with Crippen LogP contribution in [0.3, 0.4) is 0 Å². The monoisotopic (exact) mass is 314 g/mol. The molecule has 0 bridgehead atoms. The molecule has 0 amide bonds. The summed E-state index contributed by atoms with van der Waals surface area (Å²) < 4.78 is 0.611. The van der Waals surface area contributed by atoms with Crippen LogP contribution in [0.1, 0.15) is 90.4 Å². The van der Waals surface area contributed by atoms with Crippen molar-refractivity contribution in [3.63, 3.8) is 0 Å². The summed E-state index contributed by atoms with van der Waals surface area (Å²) in [4.78, 5) is 0. The van der Waals surface area contributed by atoms with E-state index in [0.717, 1.165) is 5.92 Å². The van der Waals surface area contributed by atoms with Gasteiger partial charge in [0, 0.05) is 11.5 Å². The second-order valence-corrected chi connectivity index (χ2v) is 10.2. The van der Waals surface area contributed by atoms with Crippen LogP contribution >= 0.6 is 23.5 Å². The number of thioether (sulfide) groups is 2. The van der Waals surface area contributed by atoms with E-state index in [1.165, 1.54) is 95.0 Å². The quantitative estimate of drug-likeness (QED) is 0.478. The van der Waals surface area contributed by atoms with Crippen molar-refractivity contribution in [1.82, 2.24) is 0 Å². The largest absolute Gasteiger partial charge is 0.143 e. The molecule has 20 heavy (non-hydrogen) atoms. The number of rotatable bonds is 0. The SMILES string of the molecule is C[C@@H]1CCCCCCCCCCCCC2(C1)SCCS2. The van der Waals surface area contributed by atoms with E-state index < -0.39 is 0 Å². The molecule has 0 aromatic heterocycles. The predicted octanol–water partition coefficient (Wildman–Crippen LogP) is 6.88. The standard InChI is InChI=1S/C18H34S2/c1-17-12-10-8-6-4-2-3-5-7-9-11-13-18(16-17)19-14-15-20-18/h17H,2-16H2,1H3/t17-/m1/s1. The first-order chi connectivity index (χ1) is 9.81. The van der Waals surface area contributed by atoms with Crippen LogP contribution in [0.2, 0.25) is 0 Å². The Bertz CT molecular complexity index is 246. The van der Waals surface area contributed by atoms with Crippen LogP contribution in [0.25, 0.3) is 0 Å². The molecule has 1 spiro atoms. The number of hydrogen-bond acceptors (Lipinski definition) is 2. The van der Waals surface area contributed by atoms with Gasteiger partial charge < -0.3 is 0 Å². The van der Waals surface area contributed by atoms with Crippen molar-refractivity contribution in [2.24, 2.45) is 5.92 Å². The van der Waals surface area contributed by atoms with Gasteiger partial charge in [-0.1, -0.05) is 77.6 Å². The highest BCUT2D eigenvalue weighted by atomic mass is 32.2. The van der Waals surface area contributed by atoms with Crippen molar-refractivity contribution >= 4 is 23.5 Å². The summed E-state index contributed by atoms with van der Waals surface area (Å²) in [6.07, 6.45) is 19.3. The fraction of sp³-hybridized carbons (Fsp3) is 1.00. The van der Waals surface area contributed by atoms with E-state index >= 15 is 0 Å². The molecule has 118 valence electrons. The van der Waals surface area contributed by atoms with Crippen molar-refractivity contribution in [1.29, 1.82) is 0 Å². The van der Waals surface area contributed by atoms with E-state index in [4.69, 9.17) is 0 Å². The second kappa shape index (κ2) is 9.66. The van der Waals surface area contributed by atoms with Crippen LogP contribution in [0, 0.1) is 5.92 Å². The van der Waals surface area contributed by atoms with Gasteiger partial charge in [0.25, 0.3) is 0 Å². The summed E-state index contributed by atoms with van der Waals surface area (Å²) in [6, 6.07) is 0. The van der Waals surface area contributed by atoms with E-state index in [2.05, 4.69) is 30.4 Å². The summed E-state index contributed by atoms with van der Waals surface area (Å²) in [7, 11) is 0. The zero-order valence-corrected chi connectivity index (χ0v) is 15.1. The van der Waals surface area contributed by atoms with Crippen molar-refractivity contribution in [3.05, 3.63) is 0 Å². The van der Waals surface area contributed by atoms with Crippen molar-refractivity contribution < 1.29 is 0 Å². The lowest BCUT2D eigenvalue weighted by atomic mass is 9.95. The topological polar surface area (TPSA) is 0 Å². The smallest absolute Gasteiger partial charge is 0.0614 e. The molecule has 2 aliphatic rings. The second-order valence-electron chi connectivity index (χ2n) is 6.99. The molecule has 2 rings (SSSR count). The Balaban J connectivity index is 1.82. The third kappa shape index (κ3) is 6.22. The molecule has 1 saturated heterocycles. The van der Waals surface area contributed by atoms with Gasteiger partial charge in [-0.25, -0.2) is 0 Å². The van der Waals surface area contributed by atoms with E-state index in [1.807, 2.05) is 0 Å². The van der Waals surface area contributed by atoms with Crippen LogP contribution < -0.4 is 0 Å². The molecule has 0 aromatic rings. The Labute approximate surface area is 135 Å². The summed E-state index contributed by atoms with van der Waals surface area (Å²) in [5.41, 5.74) is 0. The lowest BCUT2D eigenvalue weighted by Crippen LogP contribution is -2.21. The lowest BCUT2D eigenvalue weighted by Gasteiger charge is -2.30. The molecule has 1 aliphatic carbocycles. The highest BCUT2D eigenvalue weighted by Crippen LogP contribution is 2.51. The fourth-order valence-electron chi connectivity index (χ4n) is 3.80. The van der Waals surface area contributed by atoms with Gasteiger partial charge in [-0.05, 0) is 18.8 Å². The first-order valence-corrected chi connectivity index (χ1v) is 11.1. The van der Waals surface area contributed by atoms with E-state index in [-0.39, 0.29) is 0 Å². The van der Waals surface area contributed by atoms with Gasteiger partial charge in [0.15, 0.2) is 0 Å². The molecular weight excluding hydrogens is 280 g/mol. The van der Waals surface area contributed by atoms with E-state index in [0.29, 0.717) is 4.08 Å². The molecule has 2 heteroatoms. The molecule has 1 heterocycles. The molecule has 0 aromatic carbocycles. The normalized spacial score (nSPS) is 30.8. The van der Waals surface area contributed by atoms with Gasteiger partial charge in [0.1, 0.15) is 0 Å². The predicted molar refractivity (Wildman–Crippen MR) is 96.8 cm³/mol. The first-order valence-electron chi connectivity index (χ1n) is 9.09. The van der Waals surface area contributed by atoms with Crippen molar-refractivity contribution in [3.8, 4) is 0 Å². The highest BCUT2D eigenvalue weighted by Gasteiger charge is 2.35. The molecule has 1 saturated carbocycles. The van der Waals surface area contributed by atoms with Gasteiger partial charge in [-0.3, -0.25) is 0 Å². The minimum atomic E-state index is 0.611. The van der Waals surface area contributed by atoms with E-state index in [9.17, 15) is 0 Å². The summed E-state index contributed by atoms with van der Waals surface area (Å²) in [6.45, 7) is 2.51. The molecule has 0 radical (unpaired) electrons. The van der Waals surface area contributed by atoms with Crippen LogP contribution in [-0.4, -0.2) is 15.6 Å². The zero-order valence-electron chi connectivity index (χ0n) is 13.5. The molecular formula is C18H34S2. The maximum absolute atomic E-state index is 2.51. The van der Waals surface area contributed by atoms with E-state index in [1.54, 1.807) is 0 Å². The molecule has 0 unspecified atom stereocenters. The van der Waals surface area contributed by atoms with Gasteiger partial charge >= 0.3 is 0 Å². The molecule has 1 atom stereocenters. The van der Waals surface area contributed by atoms with Crippen LogP contribution in [0.5, 0.6) is 0 Å². The Morgan fingerprint density at radius 2 is 1.20 bits per heavy atom. The van der Waals surface area contributed by atoms with Gasteiger partial charge in [0.05, 0.1) is 4.08 Å². The van der Waals surface area contributed by atoms with Gasteiger partial charge in [-0.15, -0.1) is 23.5 Å². The molecule has 0 nitrogen and oxygen atoms in total. The van der Waals surface area contributed by atoms with Crippen LogP contribution in [0.4, 0.5) is 0 Å². The molecule has 0 N–H and O–H groups in total. The lowest BCUT2D eigenvalue weighted by molar-refractivity contribution is 0.429. The maximum Gasteiger partial charge on any atom is 0.0614 e. The third-order valence-corrected chi connectivity index (χ3v) is 8.55. The Morgan fingerprint density at radius 3 is 1.80 bits per heavy atom. The average molecular weight is 315 g/mol. The molecule has 1 aliphatic heterocycles. The minimum absolute atomic E-state index is 0.611. The summed E-state index contributed by atoms with van der Waals surface area (Å²) >= 11 is 4.59. The van der Waals surface area contributed by atoms with Gasteiger partial charge in [0.2, 0.25) is 0 Å². The average Bonchev–Trinajstić information content (AvgIpc) is 2.87. The summed E-state index contributed by atoms with van der Waals surface area (Å²) in [5.74, 6) is 3.74. The third-order valence-electron chi connectivity index (χ3n) is 4.98. The Kier molecular flexibility index (Phi) is 8.24. The highest BCUT2D eigenvalue weighted by molar-refractivity contribution is 8.21. The van der Waals surface area contributed by atoms with Crippen molar-refractivity contribution in [2.45, 2.75) is 94.5 Å².